The van der Waals surface area contributed by atoms with Crippen LogP contribution in [0.5, 0.6) is 0 Å². The van der Waals surface area contributed by atoms with Crippen LogP contribution in [0.3, 0.4) is 0 Å². The van der Waals surface area contributed by atoms with Gasteiger partial charge in [-0.15, -0.1) is 0 Å². The van der Waals surface area contributed by atoms with Crippen LogP contribution < -0.4 is 4.90 Å². The van der Waals surface area contributed by atoms with Gasteiger partial charge in [0.05, 0.1) is 11.0 Å². The number of imidazole rings is 1. The maximum Gasteiger partial charge on any atom is 0.413 e. The number of carbonyl (C=O) groups is 1. The number of amides is 1. The normalized spacial score (nSPS) is 10.5. The van der Waals surface area contributed by atoms with Crippen molar-refractivity contribution < 1.29 is 9.90 Å². The highest BCUT2D eigenvalue weighted by atomic mass is 16.4. The Bertz CT molecular complexity index is 518. The van der Waals surface area contributed by atoms with Crippen molar-refractivity contribution in [1.82, 2.24) is 9.97 Å². The summed E-state index contributed by atoms with van der Waals surface area (Å²) < 4.78 is 0. The lowest BCUT2D eigenvalue weighted by Crippen LogP contribution is -2.24. The summed E-state index contributed by atoms with van der Waals surface area (Å²) in [6, 6.07) is 5.73. The second kappa shape index (κ2) is 3.27. The Kier molecular flexibility index (Phi) is 2.07. The highest BCUT2D eigenvalue weighted by Crippen LogP contribution is 2.17. The van der Waals surface area contributed by atoms with E-state index in [2.05, 4.69) is 9.97 Å². The van der Waals surface area contributed by atoms with Gasteiger partial charge < -0.3 is 10.1 Å². The molecule has 0 aliphatic rings. The van der Waals surface area contributed by atoms with Crippen LogP contribution in [-0.2, 0) is 0 Å². The van der Waals surface area contributed by atoms with Gasteiger partial charge in [0, 0.05) is 7.05 Å². The molecule has 1 aromatic heterocycles. The van der Waals surface area contributed by atoms with Gasteiger partial charge in [-0.1, -0.05) is 6.07 Å². The molecule has 0 spiro atoms. The molecule has 5 heteroatoms. The summed E-state index contributed by atoms with van der Waals surface area (Å²) in [5.74, 6) is 0.336. The van der Waals surface area contributed by atoms with Gasteiger partial charge in [-0.25, -0.2) is 9.78 Å². The van der Waals surface area contributed by atoms with E-state index in [1.807, 2.05) is 25.1 Å². The number of rotatable bonds is 1. The molecule has 0 aliphatic carbocycles. The van der Waals surface area contributed by atoms with E-state index < -0.39 is 6.09 Å². The Morgan fingerprint density at radius 3 is 2.93 bits per heavy atom. The van der Waals surface area contributed by atoms with Crippen LogP contribution in [0.1, 0.15) is 5.56 Å². The standard InChI is InChI=1S/C10H11N3O2/c1-6-3-4-7-8(5-6)12-9(11-7)13(2)10(14)15/h3-5H,1-2H3,(H,11,12)(H,14,15). The first-order valence-corrected chi connectivity index (χ1v) is 4.51. The first kappa shape index (κ1) is 9.51. The number of fused-ring (bicyclic) bond motifs is 1. The molecule has 1 heterocycles. The second-order valence-corrected chi connectivity index (χ2v) is 3.42. The number of hydrogen-bond acceptors (Lipinski definition) is 2. The van der Waals surface area contributed by atoms with Gasteiger partial charge in [0.25, 0.3) is 0 Å². The Balaban J connectivity index is 2.51. The van der Waals surface area contributed by atoms with Gasteiger partial charge in [-0.05, 0) is 24.6 Å². The zero-order chi connectivity index (χ0) is 11.0. The van der Waals surface area contributed by atoms with Crippen LogP contribution in [0.4, 0.5) is 10.7 Å². The van der Waals surface area contributed by atoms with Gasteiger partial charge in [-0.2, -0.15) is 0 Å². The molecule has 0 atom stereocenters. The molecule has 0 aliphatic heterocycles. The number of carboxylic acid groups (broad SMARTS) is 1. The minimum Gasteiger partial charge on any atom is -0.465 e. The third-order valence-electron chi connectivity index (χ3n) is 2.23. The molecule has 15 heavy (non-hydrogen) atoms. The molecule has 1 aromatic carbocycles. The first-order chi connectivity index (χ1) is 7.08. The van der Waals surface area contributed by atoms with Crippen molar-refractivity contribution in [2.45, 2.75) is 6.92 Å². The van der Waals surface area contributed by atoms with E-state index in [1.54, 1.807) is 0 Å². The molecule has 0 bridgehead atoms. The predicted molar refractivity (Wildman–Crippen MR) is 57.3 cm³/mol. The third kappa shape index (κ3) is 1.63. The predicted octanol–water partition coefficient (Wildman–Crippen LogP) is 1.99. The number of hydrogen-bond donors (Lipinski definition) is 2. The Morgan fingerprint density at radius 1 is 1.53 bits per heavy atom. The highest BCUT2D eigenvalue weighted by molar-refractivity contribution is 5.86. The van der Waals surface area contributed by atoms with E-state index >= 15 is 0 Å². The minimum absolute atomic E-state index is 0.336. The fraction of sp³-hybridized carbons (Fsp3) is 0.200. The van der Waals surface area contributed by atoms with Gasteiger partial charge in [-0.3, -0.25) is 4.90 Å². The molecule has 2 aromatic rings. The lowest BCUT2D eigenvalue weighted by molar-refractivity contribution is 0.203. The molecule has 1 amide bonds. The van der Waals surface area contributed by atoms with Crippen molar-refractivity contribution in [3.05, 3.63) is 23.8 Å². The van der Waals surface area contributed by atoms with Crippen molar-refractivity contribution >= 4 is 23.1 Å². The number of aromatic nitrogens is 2. The van der Waals surface area contributed by atoms with Gasteiger partial charge in [0.15, 0.2) is 0 Å². The summed E-state index contributed by atoms with van der Waals surface area (Å²) in [6.45, 7) is 1.97. The Hall–Kier alpha value is -2.04. The highest BCUT2D eigenvalue weighted by Gasteiger charge is 2.12. The summed E-state index contributed by atoms with van der Waals surface area (Å²) >= 11 is 0. The van der Waals surface area contributed by atoms with Crippen molar-refractivity contribution in [2.24, 2.45) is 0 Å². The van der Waals surface area contributed by atoms with Crippen molar-refractivity contribution in [2.75, 3.05) is 11.9 Å². The van der Waals surface area contributed by atoms with Crippen molar-refractivity contribution in [1.29, 1.82) is 0 Å². The SMILES string of the molecule is Cc1ccc2nc(N(C)C(=O)O)[nH]c2c1. The fourth-order valence-electron chi connectivity index (χ4n) is 1.36. The molecule has 0 saturated carbocycles. The van der Waals surface area contributed by atoms with E-state index in [0.717, 1.165) is 21.5 Å². The topological polar surface area (TPSA) is 69.2 Å². The van der Waals surface area contributed by atoms with E-state index in [-0.39, 0.29) is 0 Å². The average Bonchev–Trinajstić information content (AvgIpc) is 2.58. The lowest BCUT2D eigenvalue weighted by Gasteiger charge is -2.07. The molecular formula is C10H11N3O2. The maximum atomic E-state index is 10.7. The van der Waals surface area contributed by atoms with Gasteiger partial charge >= 0.3 is 6.09 Å². The number of anilines is 1. The first-order valence-electron chi connectivity index (χ1n) is 4.51. The number of aryl methyl sites for hydroxylation is 1. The number of nitrogens with zero attached hydrogens (tertiary/aromatic N) is 2. The second-order valence-electron chi connectivity index (χ2n) is 3.42. The van der Waals surface area contributed by atoms with E-state index in [0.29, 0.717) is 5.95 Å². The van der Waals surface area contributed by atoms with Crippen LogP contribution in [0.2, 0.25) is 0 Å². The van der Waals surface area contributed by atoms with Crippen LogP contribution in [0.15, 0.2) is 18.2 Å². The molecule has 0 fully saturated rings. The zero-order valence-corrected chi connectivity index (χ0v) is 8.48. The molecule has 2 rings (SSSR count). The summed E-state index contributed by atoms with van der Waals surface area (Å²) in [5.41, 5.74) is 2.72. The molecule has 0 unspecified atom stereocenters. The Labute approximate surface area is 86.4 Å². The quantitative estimate of drug-likeness (QED) is 0.747. The van der Waals surface area contributed by atoms with Crippen molar-refractivity contribution in [3.8, 4) is 0 Å². The van der Waals surface area contributed by atoms with Crippen molar-refractivity contribution in [3.63, 3.8) is 0 Å². The van der Waals surface area contributed by atoms with E-state index in [9.17, 15) is 4.79 Å². The van der Waals surface area contributed by atoms with Crippen LogP contribution in [-0.4, -0.2) is 28.2 Å². The monoisotopic (exact) mass is 205 g/mol. The van der Waals surface area contributed by atoms with Crippen LogP contribution in [0.25, 0.3) is 11.0 Å². The number of nitrogens with one attached hydrogen (secondary N) is 1. The van der Waals surface area contributed by atoms with Gasteiger partial charge in [0.2, 0.25) is 5.95 Å². The fourth-order valence-corrected chi connectivity index (χ4v) is 1.36. The molecule has 0 radical (unpaired) electrons. The molecule has 0 saturated heterocycles. The molecular weight excluding hydrogens is 194 g/mol. The van der Waals surface area contributed by atoms with E-state index in [4.69, 9.17) is 5.11 Å². The lowest BCUT2D eigenvalue weighted by atomic mass is 10.2. The maximum absolute atomic E-state index is 10.7. The summed E-state index contributed by atoms with van der Waals surface area (Å²) in [6.07, 6.45) is -1.04. The molecule has 78 valence electrons. The van der Waals surface area contributed by atoms with Crippen LogP contribution >= 0.6 is 0 Å². The van der Waals surface area contributed by atoms with E-state index in [1.165, 1.54) is 7.05 Å². The number of aromatic amines is 1. The van der Waals surface area contributed by atoms with Gasteiger partial charge in [0.1, 0.15) is 0 Å². The summed E-state index contributed by atoms with van der Waals surface area (Å²) in [4.78, 5) is 18.9. The smallest absolute Gasteiger partial charge is 0.413 e. The number of benzene rings is 1. The molecule has 5 nitrogen and oxygen atoms in total. The number of H-pyrrole nitrogens is 1. The van der Waals surface area contributed by atoms with Crippen LogP contribution in [0, 0.1) is 6.92 Å². The third-order valence-corrected chi connectivity index (χ3v) is 2.23. The zero-order valence-electron chi connectivity index (χ0n) is 8.48. The average molecular weight is 205 g/mol. The Morgan fingerprint density at radius 2 is 2.27 bits per heavy atom. The summed E-state index contributed by atoms with van der Waals surface area (Å²) in [7, 11) is 1.45. The summed E-state index contributed by atoms with van der Waals surface area (Å²) in [5, 5.41) is 8.78. The molecule has 2 N–H and O–H groups in total. The largest absolute Gasteiger partial charge is 0.465 e. The minimum atomic E-state index is -1.04.